The van der Waals surface area contributed by atoms with Crippen LogP contribution in [0.4, 0.5) is 17.6 Å². The molecule has 0 saturated carbocycles. The van der Waals surface area contributed by atoms with Gasteiger partial charge in [0.1, 0.15) is 11.5 Å². The zero-order chi connectivity index (χ0) is 18.4. The predicted octanol–water partition coefficient (Wildman–Crippen LogP) is 2.68. The van der Waals surface area contributed by atoms with Gasteiger partial charge in [-0.1, -0.05) is 0 Å². The van der Waals surface area contributed by atoms with E-state index in [-0.39, 0.29) is 23.0 Å². The van der Waals surface area contributed by atoms with E-state index in [2.05, 4.69) is 14.4 Å². The normalized spacial score (nSPS) is 16.0. The minimum absolute atomic E-state index is 0.157. The number of ether oxygens (including phenoxy) is 2. The van der Waals surface area contributed by atoms with Gasteiger partial charge in [0.05, 0.1) is 0 Å². The molecule has 0 unspecified atom stereocenters. The van der Waals surface area contributed by atoms with Crippen molar-refractivity contribution in [2.24, 2.45) is 0 Å². The van der Waals surface area contributed by atoms with Gasteiger partial charge in [-0.2, -0.15) is 17.6 Å². The molecule has 0 aliphatic carbocycles. The van der Waals surface area contributed by atoms with Crippen molar-refractivity contribution >= 4 is 12.0 Å². The lowest BCUT2D eigenvalue weighted by Crippen LogP contribution is -2.46. The quantitative estimate of drug-likeness (QED) is 0.576. The molecule has 0 atom stereocenters. The summed E-state index contributed by atoms with van der Waals surface area (Å²) in [6.45, 7) is -3.58. The molecule has 138 valence electrons. The minimum atomic E-state index is -3.14. The Morgan fingerprint density at radius 1 is 1.08 bits per heavy atom. The van der Waals surface area contributed by atoms with E-state index in [0.717, 1.165) is 19.2 Å². The average molecular weight is 362 g/mol. The van der Waals surface area contributed by atoms with E-state index in [1.54, 1.807) is 4.90 Å². The van der Waals surface area contributed by atoms with Gasteiger partial charge in [0.15, 0.2) is 0 Å². The standard InChI is InChI=1S/C16H18F4N2O3/c1-21-6-8-22(9-7-21)14(23)5-3-11-2-4-12(24-15(17)18)10-13(11)25-16(19)20/h2-5,10,15-16H,6-9H2,1H3/b5-3+. The molecule has 0 radical (unpaired) electrons. The fraction of sp³-hybridized carbons (Fsp3) is 0.438. The zero-order valence-corrected chi connectivity index (χ0v) is 13.5. The molecule has 1 aromatic rings. The Morgan fingerprint density at radius 3 is 2.32 bits per heavy atom. The van der Waals surface area contributed by atoms with Crippen LogP contribution in [-0.4, -0.2) is 62.2 Å². The third-order valence-corrected chi connectivity index (χ3v) is 3.65. The van der Waals surface area contributed by atoms with E-state index in [4.69, 9.17) is 0 Å². The van der Waals surface area contributed by atoms with E-state index in [9.17, 15) is 22.4 Å². The van der Waals surface area contributed by atoms with E-state index in [1.165, 1.54) is 24.3 Å². The molecule has 5 nitrogen and oxygen atoms in total. The predicted molar refractivity (Wildman–Crippen MR) is 82.8 cm³/mol. The van der Waals surface area contributed by atoms with Gasteiger partial charge in [0.25, 0.3) is 0 Å². The monoisotopic (exact) mass is 362 g/mol. The number of alkyl halides is 4. The first-order valence-electron chi connectivity index (χ1n) is 7.54. The van der Waals surface area contributed by atoms with Crippen LogP contribution >= 0.6 is 0 Å². The molecule has 1 aliphatic rings. The van der Waals surface area contributed by atoms with Crippen LogP contribution in [0.5, 0.6) is 11.5 Å². The fourth-order valence-corrected chi connectivity index (χ4v) is 2.32. The molecule has 0 N–H and O–H groups in total. The summed E-state index contributed by atoms with van der Waals surface area (Å²) >= 11 is 0. The number of benzene rings is 1. The molecule has 25 heavy (non-hydrogen) atoms. The maximum atomic E-state index is 12.5. The van der Waals surface area contributed by atoms with Crippen molar-refractivity contribution in [3.05, 3.63) is 29.8 Å². The van der Waals surface area contributed by atoms with Gasteiger partial charge in [-0.15, -0.1) is 0 Å². The Kier molecular flexibility index (Phi) is 6.63. The summed E-state index contributed by atoms with van der Waals surface area (Å²) in [6, 6.07) is 3.38. The van der Waals surface area contributed by atoms with Gasteiger partial charge >= 0.3 is 13.2 Å². The summed E-state index contributed by atoms with van der Waals surface area (Å²) in [5, 5.41) is 0. The highest BCUT2D eigenvalue weighted by atomic mass is 19.3. The first-order chi connectivity index (χ1) is 11.8. The molecule has 1 aromatic carbocycles. The first kappa shape index (κ1) is 19.0. The van der Waals surface area contributed by atoms with E-state index in [0.29, 0.717) is 13.1 Å². The van der Waals surface area contributed by atoms with Gasteiger partial charge in [-0.05, 0) is 25.3 Å². The number of carbonyl (C=O) groups excluding carboxylic acids is 1. The Hall–Kier alpha value is -2.29. The van der Waals surface area contributed by atoms with Crippen LogP contribution in [0, 0.1) is 0 Å². The summed E-state index contributed by atoms with van der Waals surface area (Å²) in [5.41, 5.74) is 0.157. The highest BCUT2D eigenvalue weighted by Crippen LogP contribution is 2.28. The Morgan fingerprint density at radius 2 is 1.72 bits per heavy atom. The summed E-state index contributed by atoms with van der Waals surface area (Å²) < 4.78 is 57.9. The fourth-order valence-electron chi connectivity index (χ4n) is 2.32. The van der Waals surface area contributed by atoms with Crippen LogP contribution in [0.1, 0.15) is 5.56 Å². The third-order valence-electron chi connectivity index (χ3n) is 3.65. The van der Waals surface area contributed by atoms with Crippen molar-refractivity contribution in [1.29, 1.82) is 0 Å². The first-order valence-corrected chi connectivity index (χ1v) is 7.54. The minimum Gasteiger partial charge on any atom is -0.435 e. The van der Waals surface area contributed by atoms with Crippen LogP contribution in [-0.2, 0) is 4.79 Å². The summed E-state index contributed by atoms with van der Waals surface area (Å²) in [4.78, 5) is 15.9. The highest BCUT2D eigenvalue weighted by molar-refractivity contribution is 5.92. The Labute approximate surface area is 142 Å². The van der Waals surface area contributed by atoms with Crippen molar-refractivity contribution in [3.63, 3.8) is 0 Å². The molecule has 1 amide bonds. The van der Waals surface area contributed by atoms with Gasteiger partial charge in [0, 0.05) is 43.9 Å². The maximum absolute atomic E-state index is 12.5. The number of amides is 1. The number of hydrogen-bond donors (Lipinski definition) is 0. The van der Waals surface area contributed by atoms with Crippen LogP contribution in [0.2, 0.25) is 0 Å². The molecular weight excluding hydrogens is 344 g/mol. The van der Waals surface area contributed by atoms with Gasteiger partial charge < -0.3 is 19.3 Å². The molecule has 9 heteroatoms. The molecule has 0 aromatic heterocycles. The Bertz CT molecular complexity index is 617. The second kappa shape index (κ2) is 8.70. The Balaban J connectivity index is 2.12. The number of rotatable bonds is 6. The van der Waals surface area contributed by atoms with Crippen molar-refractivity contribution in [1.82, 2.24) is 9.80 Å². The molecule has 0 bridgehead atoms. The molecule has 1 fully saturated rings. The maximum Gasteiger partial charge on any atom is 0.387 e. The van der Waals surface area contributed by atoms with Crippen molar-refractivity contribution in [3.8, 4) is 11.5 Å². The topological polar surface area (TPSA) is 42.0 Å². The molecule has 2 rings (SSSR count). The zero-order valence-electron chi connectivity index (χ0n) is 13.5. The van der Waals surface area contributed by atoms with Gasteiger partial charge in [0.2, 0.25) is 5.91 Å². The number of hydrogen-bond acceptors (Lipinski definition) is 4. The number of piperazine rings is 1. The van der Waals surface area contributed by atoms with Gasteiger partial charge in [-0.25, -0.2) is 0 Å². The van der Waals surface area contributed by atoms with Crippen molar-refractivity contribution in [2.75, 3.05) is 33.2 Å². The summed E-state index contributed by atoms with van der Waals surface area (Å²) in [7, 11) is 1.95. The molecular formula is C16H18F4N2O3. The largest absolute Gasteiger partial charge is 0.435 e. The smallest absolute Gasteiger partial charge is 0.387 e. The average Bonchev–Trinajstić information content (AvgIpc) is 2.53. The number of halogens is 4. The van der Waals surface area contributed by atoms with Crippen molar-refractivity contribution < 1.29 is 31.8 Å². The molecule has 0 spiro atoms. The highest BCUT2D eigenvalue weighted by Gasteiger charge is 2.17. The molecule has 1 heterocycles. The number of carbonyl (C=O) groups is 1. The molecule has 1 saturated heterocycles. The lowest BCUT2D eigenvalue weighted by atomic mass is 10.1. The second-order valence-corrected chi connectivity index (χ2v) is 5.42. The van der Waals surface area contributed by atoms with Crippen LogP contribution in [0.15, 0.2) is 24.3 Å². The van der Waals surface area contributed by atoms with E-state index < -0.39 is 13.2 Å². The van der Waals surface area contributed by atoms with Crippen molar-refractivity contribution in [2.45, 2.75) is 13.2 Å². The number of likely N-dealkylation sites (N-methyl/N-ethyl adjacent to an activating group) is 1. The summed E-state index contributed by atoms with van der Waals surface area (Å²) in [6.07, 6.45) is 2.55. The lowest BCUT2D eigenvalue weighted by Gasteiger charge is -2.31. The third kappa shape index (κ3) is 5.93. The van der Waals surface area contributed by atoms with Gasteiger partial charge in [-0.3, -0.25) is 4.79 Å². The SMILES string of the molecule is CN1CCN(C(=O)/C=C/c2ccc(OC(F)F)cc2OC(F)F)CC1. The van der Waals surface area contributed by atoms with Crippen LogP contribution < -0.4 is 9.47 Å². The summed E-state index contributed by atoms with van der Waals surface area (Å²) in [5.74, 6) is -0.923. The van der Waals surface area contributed by atoms with E-state index >= 15 is 0 Å². The second-order valence-electron chi connectivity index (χ2n) is 5.42. The van der Waals surface area contributed by atoms with Crippen LogP contribution in [0.25, 0.3) is 6.08 Å². The molecule has 1 aliphatic heterocycles. The lowest BCUT2D eigenvalue weighted by molar-refractivity contribution is -0.127. The number of nitrogens with zero attached hydrogens (tertiary/aromatic N) is 2. The van der Waals surface area contributed by atoms with E-state index in [1.807, 2.05) is 7.05 Å². The van der Waals surface area contributed by atoms with Crippen LogP contribution in [0.3, 0.4) is 0 Å².